The minimum Gasteiger partial charge on any atom is -0.444 e. The Kier molecular flexibility index (Phi) is 5.51. The molecule has 0 atom stereocenters. The summed E-state index contributed by atoms with van der Waals surface area (Å²) >= 11 is 0. The van der Waals surface area contributed by atoms with E-state index in [1.54, 1.807) is 0 Å². The van der Waals surface area contributed by atoms with Crippen LogP contribution in [0.5, 0.6) is 0 Å². The third-order valence-electron chi connectivity index (χ3n) is 3.33. The average Bonchev–Trinajstić information content (AvgIpc) is 2.34. The van der Waals surface area contributed by atoms with E-state index in [4.69, 9.17) is 10.1 Å². The van der Waals surface area contributed by atoms with E-state index in [1.807, 2.05) is 20.8 Å². The summed E-state index contributed by atoms with van der Waals surface area (Å²) in [7, 11) is 0. The Hall–Kier alpha value is -1.39. The number of hydrogen-bond acceptors (Lipinski definition) is 4. The molecular weight excluding hydrogens is 244 g/mol. The second-order valence-corrected chi connectivity index (χ2v) is 6.15. The van der Waals surface area contributed by atoms with Crippen LogP contribution in [0.25, 0.3) is 0 Å². The number of amides is 1. The Morgan fingerprint density at radius 3 is 2.32 bits per heavy atom. The first-order valence-electron chi connectivity index (χ1n) is 6.83. The van der Waals surface area contributed by atoms with Gasteiger partial charge in [0.1, 0.15) is 5.60 Å². The van der Waals surface area contributed by atoms with Gasteiger partial charge in [-0.05, 0) is 52.4 Å². The quantitative estimate of drug-likeness (QED) is 0.769. The molecule has 0 heterocycles. The van der Waals surface area contributed by atoms with Crippen molar-refractivity contribution in [3.05, 3.63) is 0 Å². The second kappa shape index (κ2) is 6.68. The summed E-state index contributed by atoms with van der Waals surface area (Å²) < 4.78 is 5.17. The third kappa shape index (κ3) is 5.85. The van der Waals surface area contributed by atoms with Crippen LogP contribution in [0.15, 0.2) is 0 Å². The van der Waals surface area contributed by atoms with Gasteiger partial charge in [0, 0.05) is 12.5 Å². The Labute approximate surface area is 114 Å². The van der Waals surface area contributed by atoms with Crippen molar-refractivity contribution < 1.29 is 14.3 Å². The minimum absolute atomic E-state index is 0.00952. The lowest BCUT2D eigenvalue weighted by Gasteiger charge is -2.27. The van der Waals surface area contributed by atoms with Crippen LogP contribution in [-0.2, 0) is 9.53 Å². The molecule has 0 radical (unpaired) electrons. The lowest BCUT2D eigenvalue weighted by molar-refractivity contribution is -0.117. The second-order valence-electron chi connectivity index (χ2n) is 6.15. The van der Waals surface area contributed by atoms with Crippen LogP contribution < -0.4 is 5.32 Å². The summed E-state index contributed by atoms with van der Waals surface area (Å²) in [5.41, 5.74) is -0.474. The van der Waals surface area contributed by atoms with Gasteiger partial charge in [-0.1, -0.05) is 0 Å². The number of Topliss-reactive ketones (excluding diaryl/α,β-unsaturated/α-hetero) is 1. The van der Waals surface area contributed by atoms with E-state index in [-0.39, 0.29) is 17.8 Å². The van der Waals surface area contributed by atoms with Crippen molar-refractivity contribution in [2.75, 3.05) is 6.54 Å². The number of rotatable bonds is 4. The molecule has 1 amide bonds. The fraction of sp³-hybridized carbons (Fsp3) is 0.786. The van der Waals surface area contributed by atoms with E-state index < -0.39 is 5.60 Å². The predicted molar refractivity (Wildman–Crippen MR) is 73.5 cm³/mol. The number of ether oxygens (including phenoxy) is 1. The zero-order valence-corrected chi connectivity index (χ0v) is 12.0. The molecular formula is C14H24N2O3. The molecule has 1 aliphatic carbocycles. The molecule has 5 heteroatoms. The van der Waals surface area contributed by atoms with Crippen LogP contribution in [0.4, 0.5) is 4.79 Å². The van der Waals surface area contributed by atoms with E-state index in [2.05, 4.69) is 5.32 Å². The topological polar surface area (TPSA) is 79.2 Å². The van der Waals surface area contributed by atoms with Crippen molar-refractivity contribution in [1.82, 2.24) is 5.32 Å². The predicted octanol–water partition coefficient (Wildman–Crippen LogP) is 2.54. The standard InChI is InChI=1S/C14H24N2O3/c1-14(2,3)19-13(18)16-9-10-4-6-11(7-5-10)12(17)8-15/h8,10-11,15H,4-7,9H2,1-3H3,(H,16,18). The smallest absolute Gasteiger partial charge is 0.407 e. The van der Waals surface area contributed by atoms with Gasteiger partial charge in [0.2, 0.25) is 0 Å². The highest BCUT2D eigenvalue weighted by atomic mass is 16.6. The number of nitrogens with one attached hydrogen (secondary N) is 2. The van der Waals surface area contributed by atoms with Gasteiger partial charge >= 0.3 is 6.09 Å². The fourth-order valence-electron chi connectivity index (χ4n) is 2.31. The molecule has 0 spiro atoms. The maximum Gasteiger partial charge on any atom is 0.407 e. The van der Waals surface area contributed by atoms with E-state index >= 15 is 0 Å². The van der Waals surface area contributed by atoms with E-state index in [0.29, 0.717) is 12.5 Å². The zero-order chi connectivity index (χ0) is 14.5. The molecule has 0 saturated heterocycles. The zero-order valence-electron chi connectivity index (χ0n) is 12.0. The van der Waals surface area contributed by atoms with Crippen molar-refractivity contribution >= 4 is 18.1 Å². The van der Waals surface area contributed by atoms with Crippen LogP contribution >= 0.6 is 0 Å². The number of hydrogen-bond donors (Lipinski definition) is 2. The van der Waals surface area contributed by atoms with Crippen molar-refractivity contribution in [1.29, 1.82) is 5.41 Å². The Bertz CT molecular complexity index is 339. The normalized spacial score (nSPS) is 23.5. The molecule has 2 N–H and O–H groups in total. The monoisotopic (exact) mass is 268 g/mol. The summed E-state index contributed by atoms with van der Waals surface area (Å²) in [5.74, 6) is 0.344. The maximum absolute atomic E-state index is 11.5. The molecule has 108 valence electrons. The molecule has 1 fully saturated rings. The molecule has 1 aliphatic rings. The number of carbonyl (C=O) groups is 2. The van der Waals surface area contributed by atoms with Gasteiger partial charge in [0.15, 0.2) is 5.78 Å². The number of ketones is 1. The first kappa shape index (κ1) is 15.7. The third-order valence-corrected chi connectivity index (χ3v) is 3.33. The van der Waals surface area contributed by atoms with Crippen molar-refractivity contribution in [3.63, 3.8) is 0 Å². The number of carbonyl (C=O) groups excluding carboxylic acids is 2. The van der Waals surface area contributed by atoms with Gasteiger partial charge in [0.25, 0.3) is 0 Å². The first-order chi connectivity index (χ1) is 8.81. The molecule has 0 aliphatic heterocycles. The molecule has 0 bridgehead atoms. The molecule has 19 heavy (non-hydrogen) atoms. The van der Waals surface area contributed by atoms with E-state index in [0.717, 1.165) is 31.9 Å². The first-order valence-corrected chi connectivity index (χ1v) is 6.83. The highest BCUT2D eigenvalue weighted by molar-refractivity contribution is 6.27. The van der Waals surface area contributed by atoms with Crippen LogP contribution in [-0.4, -0.2) is 30.2 Å². The molecule has 1 rings (SSSR count). The number of alkyl carbamates (subject to hydrolysis) is 1. The lowest BCUT2D eigenvalue weighted by atomic mass is 9.80. The molecule has 0 aromatic rings. The van der Waals surface area contributed by atoms with Crippen LogP contribution in [0.3, 0.4) is 0 Å². The van der Waals surface area contributed by atoms with Crippen LogP contribution in [0, 0.1) is 17.2 Å². The summed E-state index contributed by atoms with van der Waals surface area (Å²) in [6.45, 7) is 6.10. The SMILES string of the molecule is CC(C)(C)OC(=O)NCC1CCC(C(=O)C=N)CC1. The molecule has 0 aromatic heterocycles. The molecule has 1 saturated carbocycles. The summed E-state index contributed by atoms with van der Waals surface area (Å²) in [6.07, 6.45) is 4.00. The van der Waals surface area contributed by atoms with Gasteiger partial charge < -0.3 is 15.5 Å². The largest absolute Gasteiger partial charge is 0.444 e. The Balaban J connectivity index is 2.25. The Morgan fingerprint density at radius 1 is 1.26 bits per heavy atom. The van der Waals surface area contributed by atoms with E-state index in [1.165, 1.54) is 0 Å². The van der Waals surface area contributed by atoms with Gasteiger partial charge in [-0.15, -0.1) is 0 Å². The Morgan fingerprint density at radius 2 is 1.84 bits per heavy atom. The highest BCUT2D eigenvalue weighted by Crippen LogP contribution is 2.28. The van der Waals surface area contributed by atoms with Gasteiger partial charge in [-0.3, -0.25) is 4.79 Å². The fourth-order valence-corrected chi connectivity index (χ4v) is 2.31. The van der Waals surface area contributed by atoms with Crippen molar-refractivity contribution in [2.24, 2.45) is 11.8 Å². The highest BCUT2D eigenvalue weighted by Gasteiger charge is 2.25. The van der Waals surface area contributed by atoms with E-state index in [9.17, 15) is 9.59 Å². The molecule has 0 unspecified atom stereocenters. The van der Waals surface area contributed by atoms with Gasteiger partial charge in [0.05, 0.1) is 6.21 Å². The molecule has 5 nitrogen and oxygen atoms in total. The lowest BCUT2D eigenvalue weighted by Crippen LogP contribution is -2.36. The summed E-state index contributed by atoms with van der Waals surface area (Å²) in [5, 5.41) is 9.74. The van der Waals surface area contributed by atoms with Crippen LogP contribution in [0.1, 0.15) is 46.5 Å². The minimum atomic E-state index is -0.474. The summed E-state index contributed by atoms with van der Waals surface area (Å²) in [6, 6.07) is 0. The molecule has 0 aromatic carbocycles. The van der Waals surface area contributed by atoms with Crippen molar-refractivity contribution in [2.45, 2.75) is 52.1 Å². The average molecular weight is 268 g/mol. The van der Waals surface area contributed by atoms with Crippen LogP contribution in [0.2, 0.25) is 0 Å². The summed E-state index contributed by atoms with van der Waals surface area (Å²) in [4.78, 5) is 22.9. The van der Waals surface area contributed by atoms with Gasteiger partial charge in [-0.2, -0.15) is 0 Å². The van der Waals surface area contributed by atoms with Gasteiger partial charge in [-0.25, -0.2) is 4.79 Å². The van der Waals surface area contributed by atoms with Crippen molar-refractivity contribution in [3.8, 4) is 0 Å². The maximum atomic E-state index is 11.5.